The van der Waals surface area contributed by atoms with Crippen molar-refractivity contribution < 1.29 is 9.53 Å². The molecule has 1 fully saturated rings. The third-order valence-electron chi connectivity index (χ3n) is 4.61. The van der Waals surface area contributed by atoms with Gasteiger partial charge in [0, 0.05) is 43.4 Å². The molecule has 6 heteroatoms. The van der Waals surface area contributed by atoms with Gasteiger partial charge in [-0.15, -0.1) is 0 Å². The quantitative estimate of drug-likeness (QED) is 0.868. The van der Waals surface area contributed by atoms with Crippen LogP contribution in [0.3, 0.4) is 0 Å². The molecule has 0 atom stereocenters. The number of methoxy groups -OCH3 is 1. The van der Waals surface area contributed by atoms with Crippen LogP contribution in [-0.4, -0.2) is 55.7 Å². The second kappa shape index (κ2) is 8.92. The normalized spacial score (nSPS) is 14.9. The van der Waals surface area contributed by atoms with Crippen LogP contribution in [-0.2, 0) is 6.42 Å². The van der Waals surface area contributed by atoms with Gasteiger partial charge in [0.25, 0.3) is 0 Å². The smallest absolute Gasteiger partial charge is 0.321 e. The molecule has 0 spiro atoms. The molecule has 26 heavy (non-hydrogen) atoms. The maximum absolute atomic E-state index is 12.4. The SMILES string of the molecule is COc1ccc(NC(=O)N2CCN(CCc3cccc(Cl)c3)CC2)cc1. The van der Waals surface area contributed by atoms with Crippen LogP contribution in [0.25, 0.3) is 0 Å². The molecule has 0 aliphatic carbocycles. The van der Waals surface area contributed by atoms with Gasteiger partial charge >= 0.3 is 6.03 Å². The van der Waals surface area contributed by atoms with Crippen molar-refractivity contribution >= 4 is 23.3 Å². The predicted molar refractivity (Wildman–Crippen MR) is 105 cm³/mol. The monoisotopic (exact) mass is 373 g/mol. The van der Waals surface area contributed by atoms with E-state index >= 15 is 0 Å². The lowest BCUT2D eigenvalue weighted by Crippen LogP contribution is -2.50. The molecule has 2 aromatic rings. The number of amides is 2. The Morgan fingerprint density at radius 1 is 1.12 bits per heavy atom. The average Bonchev–Trinajstić information content (AvgIpc) is 2.67. The Kier molecular flexibility index (Phi) is 6.36. The Balaban J connectivity index is 1.43. The number of carbonyl (C=O) groups excluding carboxylic acids is 1. The van der Waals surface area contributed by atoms with Gasteiger partial charge in [0.05, 0.1) is 7.11 Å². The fourth-order valence-electron chi connectivity index (χ4n) is 3.03. The summed E-state index contributed by atoms with van der Waals surface area (Å²) in [4.78, 5) is 16.6. The van der Waals surface area contributed by atoms with Crippen molar-refractivity contribution in [2.24, 2.45) is 0 Å². The zero-order valence-corrected chi connectivity index (χ0v) is 15.7. The molecule has 1 aliphatic heterocycles. The molecule has 5 nitrogen and oxygen atoms in total. The van der Waals surface area contributed by atoms with E-state index in [1.807, 2.05) is 47.4 Å². The van der Waals surface area contributed by atoms with E-state index in [0.29, 0.717) is 0 Å². The molecule has 1 saturated heterocycles. The number of hydrogen-bond donors (Lipinski definition) is 1. The lowest BCUT2D eigenvalue weighted by molar-refractivity contribution is 0.148. The van der Waals surface area contributed by atoms with E-state index in [0.717, 1.165) is 55.6 Å². The summed E-state index contributed by atoms with van der Waals surface area (Å²) in [5.74, 6) is 0.774. The summed E-state index contributed by atoms with van der Waals surface area (Å²) in [6, 6.07) is 15.3. The van der Waals surface area contributed by atoms with E-state index in [4.69, 9.17) is 16.3 Å². The van der Waals surface area contributed by atoms with Gasteiger partial charge in [-0.3, -0.25) is 4.90 Å². The Labute approximate surface area is 159 Å². The van der Waals surface area contributed by atoms with Gasteiger partial charge in [-0.1, -0.05) is 23.7 Å². The highest BCUT2D eigenvalue weighted by atomic mass is 35.5. The molecule has 1 N–H and O–H groups in total. The molecule has 0 unspecified atom stereocenters. The van der Waals surface area contributed by atoms with Crippen LogP contribution < -0.4 is 10.1 Å². The first-order valence-electron chi connectivity index (χ1n) is 8.81. The van der Waals surface area contributed by atoms with Crippen LogP contribution >= 0.6 is 11.6 Å². The van der Waals surface area contributed by atoms with Crippen molar-refractivity contribution in [2.75, 3.05) is 45.2 Å². The summed E-state index contributed by atoms with van der Waals surface area (Å²) in [6.07, 6.45) is 0.971. The summed E-state index contributed by atoms with van der Waals surface area (Å²) in [7, 11) is 1.62. The van der Waals surface area contributed by atoms with Gasteiger partial charge in [-0.25, -0.2) is 4.79 Å². The number of hydrogen-bond acceptors (Lipinski definition) is 3. The Morgan fingerprint density at radius 2 is 1.85 bits per heavy atom. The van der Waals surface area contributed by atoms with Gasteiger partial charge in [0.15, 0.2) is 0 Å². The highest BCUT2D eigenvalue weighted by Gasteiger charge is 2.20. The first kappa shape index (κ1) is 18.5. The summed E-state index contributed by atoms with van der Waals surface area (Å²) in [6.45, 7) is 4.22. The minimum absolute atomic E-state index is 0.0512. The first-order valence-corrected chi connectivity index (χ1v) is 9.18. The summed E-state index contributed by atoms with van der Waals surface area (Å²) < 4.78 is 5.13. The van der Waals surface area contributed by atoms with E-state index in [9.17, 15) is 4.79 Å². The molecule has 138 valence electrons. The number of urea groups is 1. The van der Waals surface area contributed by atoms with Crippen molar-refractivity contribution in [1.82, 2.24) is 9.80 Å². The molecule has 2 amide bonds. The minimum Gasteiger partial charge on any atom is -0.497 e. The standard InChI is InChI=1S/C20H24ClN3O2/c1-26-19-7-5-18(6-8-19)22-20(25)24-13-11-23(12-14-24)10-9-16-3-2-4-17(21)15-16/h2-8,15H,9-14H2,1H3,(H,22,25). The lowest BCUT2D eigenvalue weighted by atomic mass is 10.1. The minimum atomic E-state index is -0.0512. The fourth-order valence-corrected chi connectivity index (χ4v) is 3.24. The van der Waals surface area contributed by atoms with Gasteiger partial charge in [0.1, 0.15) is 5.75 Å². The molecule has 0 saturated carbocycles. The zero-order chi connectivity index (χ0) is 18.4. The maximum Gasteiger partial charge on any atom is 0.321 e. The largest absolute Gasteiger partial charge is 0.497 e. The van der Waals surface area contributed by atoms with E-state index < -0.39 is 0 Å². The second-order valence-corrected chi connectivity index (χ2v) is 6.80. The average molecular weight is 374 g/mol. The number of rotatable bonds is 5. The molecular formula is C20H24ClN3O2. The molecule has 1 heterocycles. The van der Waals surface area contributed by atoms with Crippen molar-refractivity contribution in [3.8, 4) is 5.75 Å². The van der Waals surface area contributed by atoms with E-state index in [1.165, 1.54) is 5.56 Å². The number of benzene rings is 2. The van der Waals surface area contributed by atoms with Crippen molar-refractivity contribution in [3.63, 3.8) is 0 Å². The molecular weight excluding hydrogens is 350 g/mol. The molecule has 1 aliphatic rings. The Bertz CT molecular complexity index is 728. The van der Waals surface area contributed by atoms with Crippen LogP contribution in [0.4, 0.5) is 10.5 Å². The number of anilines is 1. The third kappa shape index (κ3) is 5.13. The fraction of sp³-hybridized carbons (Fsp3) is 0.350. The highest BCUT2D eigenvalue weighted by molar-refractivity contribution is 6.30. The van der Waals surface area contributed by atoms with E-state index in [-0.39, 0.29) is 6.03 Å². The van der Waals surface area contributed by atoms with Crippen LogP contribution in [0.15, 0.2) is 48.5 Å². The number of nitrogens with one attached hydrogen (secondary N) is 1. The Hall–Kier alpha value is -2.24. The third-order valence-corrected chi connectivity index (χ3v) is 4.84. The van der Waals surface area contributed by atoms with Crippen LogP contribution in [0, 0.1) is 0 Å². The Morgan fingerprint density at radius 3 is 2.50 bits per heavy atom. The number of halogens is 1. The molecule has 0 aromatic heterocycles. The zero-order valence-electron chi connectivity index (χ0n) is 15.0. The lowest BCUT2D eigenvalue weighted by Gasteiger charge is -2.34. The highest BCUT2D eigenvalue weighted by Crippen LogP contribution is 2.16. The van der Waals surface area contributed by atoms with Crippen LogP contribution in [0.2, 0.25) is 5.02 Å². The van der Waals surface area contributed by atoms with E-state index in [1.54, 1.807) is 7.11 Å². The summed E-state index contributed by atoms with van der Waals surface area (Å²) in [5.41, 5.74) is 2.02. The van der Waals surface area contributed by atoms with Gasteiger partial charge in [0.2, 0.25) is 0 Å². The van der Waals surface area contributed by atoms with E-state index in [2.05, 4.69) is 16.3 Å². The van der Waals surface area contributed by atoms with Crippen molar-refractivity contribution in [2.45, 2.75) is 6.42 Å². The predicted octanol–water partition coefficient (Wildman–Crippen LogP) is 3.74. The molecule has 0 radical (unpaired) electrons. The first-order chi connectivity index (χ1) is 12.6. The second-order valence-electron chi connectivity index (χ2n) is 6.37. The maximum atomic E-state index is 12.4. The summed E-state index contributed by atoms with van der Waals surface area (Å²) in [5, 5.41) is 3.72. The topological polar surface area (TPSA) is 44.8 Å². The van der Waals surface area contributed by atoms with Gasteiger partial charge < -0.3 is 15.0 Å². The molecule has 3 rings (SSSR count). The van der Waals surface area contributed by atoms with Crippen LogP contribution in [0.1, 0.15) is 5.56 Å². The number of ether oxygens (including phenoxy) is 1. The van der Waals surface area contributed by atoms with Crippen LogP contribution in [0.5, 0.6) is 5.75 Å². The van der Waals surface area contributed by atoms with Crippen molar-refractivity contribution in [3.05, 3.63) is 59.1 Å². The van der Waals surface area contributed by atoms with Crippen molar-refractivity contribution in [1.29, 1.82) is 0 Å². The number of carbonyl (C=O) groups is 1. The molecule has 2 aromatic carbocycles. The van der Waals surface area contributed by atoms with Gasteiger partial charge in [-0.2, -0.15) is 0 Å². The number of nitrogens with zero attached hydrogens (tertiary/aromatic N) is 2. The van der Waals surface area contributed by atoms with Gasteiger partial charge in [-0.05, 0) is 48.4 Å². The molecule has 0 bridgehead atoms. The summed E-state index contributed by atoms with van der Waals surface area (Å²) >= 11 is 6.03. The number of piperazine rings is 1.